The molecule has 2 atom stereocenters. The van der Waals surface area contributed by atoms with Crippen LogP contribution in [0.15, 0.2) is 30.3 Å². The summed E-state index contributed by atoms with van der Waals surface area (Å²) in [5.41, 5.74) is 5.73. The first-order chi connectivity index (χ1) is 11.9. The molecular weight excluding hydrogens is 476 g/mol. The van der Waals surface area contributed by atoms with Gasteiger partial charge in [0, 0.05) is 5.75 Å². The van der Waals surface area contributed by atoms with E-state index in [1.807, 2.05) is 13.8 Å². The quantitative estimate of drug-likeness (QED) is 0.200. The molecule has 144 valence electrons. The van der Waals surface area contributed by atoms with Gasteiger partial charge in [-0.1, -0.05) is 47.4 Å². The molecule has 1 rings (SSSR count). The molecule has 0 bridgehead atoms. The molecule has 25 heavy (non-hydrogen) atoms. The van der Waals surface area contributed by atoms with Crippen molar-refractivity contribution in [1.82, 2.24) is 0 Å². The van der Waals surface area contributed by atoms with Gasteiger partial charge in [-0.3, -0.25) is 4.79 Å². The summed E-state index contributed by atoms with van der Waals surface area (Å²) in [7, 11) is -2.12. The molecule has 0 aromatic heterocycles. The number of benzene rings is 1. The summed E-state index contributed by atoms with van der Waals surface area (Å²) in [5.74, 6) is 0.665. The fourth-order valence-electron chi connectivity index (χ4n) is 1.77. The number of halogens is 1. The highest BCUT2D eigenvalue weighted by atomic mass is 127. The number of rotatable bonds is 11. The molecular formula is C16H27INO5PS. The van der Waals surface area contributed by atoms with Gasteiger partial charge in [-0.2, -0.15) is 0 Å². The zero-order valence-electron chi connectivity index (χ0n) is 14.6. The molecule has 9 heteroatoms. The van der Waals surface area contributed by atoms with Crippen molar-refractivity contribution in [1.29, 1.82) is 0 Å². The Bertz CT molecular complexity index is 521. The van der Waals surface area contributed by atoms with E-state index >= 15 is 0 Å². The van der Waals surface area contributed by atoms with Crippen molar-refractivity contribution in [2.24, 2.45) is 5.73 Å². The maximum Gasteiger partial charge on any atom is 0.376 e. The van der Waals surface area contributed by atoms with Crippen LogP contribution in [0.3, 0.4) is 0 Å². The number of carbonyl (C=O) groups is 1. The fourth-order valence-corrected chi connectivity index (χ4v) is 3.62. The fraction of sp³-hybridized carbons (Fsp3) is 0.562. The van der Waals surface area contributed by atoms with Gasteiger partial charge in [0.15, 0.2) is 0 Å². The molecule has 0 aliphatic rings. The molecule has 0 aliphatic carbocycles. The van der Waals surface area contributed by atoms with E-state index in [4.69, 9.17) is 15.0 Å². The van der Waals surface area contributed by atoms with E-state index in [0.29, 0.717) is 31.6 Å². The molecule has 0 aliphatic heterocycles. The van der Waals surface area contributed by atoms with Crippen LogP contribution in [-0.2, 0) is 14.1 Å². The number of hydrogen-bond donors (Lipinski definition) is 2. The van der Waals surface area contributed by atoms with Crippen LogP contribution >= 0.6 is 37.7 Å². The molecule has 2 unspecified atom stereocenters. The summed E-state index contributed by atoms with van der Waals surface area (Å²) in [6.45, 7) is 4.34. The molecule has 0 saturated carbocycles. The van der Waals surface area contributed by atoms with Gasteiger partial charge in [0.05, 0.1) is 6.16 Å². The number of carbonyl (C=O) groups excluding carboxylic acids is 1. The second-order valence-electron chi connectivity index (χ2n) is 4.85. The smallest absolute Gasteiger partial charge is 0.376 e. The van der Waals surface area contributed by atoms with Crippen molar-refractivity contribution in [2.45, 2.75) is 39.2 Å². The number of unbranched alkanes of at least 4 members (excludes halogenated alkanes) is 1. The average Bonchev–Trinajstić information content (AvgIpc) is 2.61. The van der Waals surface area contributed by atoms with Gasteiger partial charge < -0.3 is 19.9 Å². The minimum atomic E-state index is -3.68. The average molecular weight is 503 g/mol. The highest BCUT2D eigenvalue weighted by Gasteiger charge is 2.21. The predicted octanol–water partition coefficient (Wildman–Crippen LogP) is 4.40. The molecule has 0 heterocycles. The highest BCUT2D eigenvalue weighted by Crippen LogP contribution is 2.43. The Hall–Kier alpha value is -0.280. The monoisotopic (exact) mass is 503 g/mol. The molecule has 1 aromatic carbocycles. The van der Waals surface area contributed by atoms with Crippen LogP contribution < -0.4 is 10.3 Å². The first-order valence-corrected chi connectivity index (χ1v) is 13.5. The maximum absolute atomic E-state index is 11.9. The number of esters is 1. The molecule has 0 amide bonds. The topological polar surface area (TPSA) is 98.9 Å². The minimum absolute atomic E-state index is 0.0230. The van der Waals surface area contributed by atoms with Gasteiger partial charge in [0.25, 0.3) is 0 Å². The third-order valence-corrected chi connectivity index (χ3v) is 5.92. The SMILES string of the molecule is CC.NC(CCCCP(=O)(O)Oc1ccccc1)C(=O)OCCSI. The second kappa shape index (κ2) is 14.8. The van der Waals surface area contributed by atoms with E-state index in [1.54, 1.807) is 39.3 Å². The summed E-state index contributed by atoms with van der Waals surface area (Å²) in [6, 6.07) is 7.83. The molecule has 0 fully saturated rings. The number of ether oxygens (including phenoxy) is 1. The predicted molar refractivity (Wildman–Crippen MR) is 112 cm³/mol. The van der Waals surface area contributed by atoms with E-state index in [2.05, 4.69) is 21.2 Å². The second-order valence-corrected chi connectivity index (χ2v) is 9.25. The summed E-state index contributed by atoms with van der Waals surface area (Å²) in [4.78, 5) is 21.4. The lowest BCUT2D eigenvalue weighted by Gasteiger charge is -2.14. The Morgan fingerprint density at radius 3 is 2.56 bits per heavy atom. The van der Waals surface area contributed by atoms with Gasteiger partial charge in [-0.05, 0) is 46.2 Å². The van der Waals surface area contributed by atoms with Crippen LogP contribution in [0.1, 0.15) is 33.1 Å². The standard InChI is InChI=1S/C14H21INO5PS.C2H6/c15-23-11-9-20-14(17)13(16)8-4-5-10-22(18,19)21-12-6-2-1-3-7-12;1-2/h1-3,6-7,13H,4-5,8-11,16H2,(H,18,19);1-2H3. The van der Waals surface area contributed by atoms with Crippen LogP contribution in [0.5, 0.6) is 5.75 Å². The molecule has 0 saturated heterocycles. The number of para-hydroxylation sites is 1. The zero-order chi connectivity index (χ0) is 19.1. The van der Waals surface area contributed by atoms with E-state index in [9.17, 15) is 14.3 Å². The van der Waals surface area contributed by atoms with E-state index in [-0.39, 0.29) is 6.16 Å². The Morgan fingerprint density at radius 1 is 1.32 bits per heavy atom. The lowest BCUT2D eigenvalue weighted by atomic mass is 10.1. The maximum atomic E-state index is 11.9. The van der Waals surface area contributed by atoms with Crippen LogP contribution in [-0.4, -0.2) is 35.4 Å². The largest absolute Gasteiger partial charge is 0.464 e. The van der Waals surface area contributed by atoms with Crippen molar-refractivity contribution in [3.05, 3.63) is 30.3 Å². The molecule has 6 nitrogen and oxygen atoms in total. The Labute approximate surface area is 166 Å². The van der Waals surface area contributed by atoms with Crippen LogP contribution in [0.4, 0.5) is 0 Å². The van der Waals surface area contributed by atoms with Crippen LogP contribution in [0.25, 0.3) is 0 Å². The third-order valence-electron chi connectivity index (χ3n) is 2.90. The molecule has 1 aromatic rings. The molecule has 3 N–H and O–H groups in total. The summed E-state index contributed by atoms with van der Waals surface area (Å²) in [5, 5.41) is 0. The van der Waals surface area contributed by atoms with Crippen LogP contribution in [0.2, 0.25) is 0 Å². The number of hydrogen-bond acceptors (Lipinski definition) is 6. The summed E-state index contributed by atoms with van der Waals surface area (Å²) in [6.07, 6.45) is 1.45. The van der Waals surface area contributed by atoms with Crippen molar-refractivity contribution < 1.29 is 23.5 Å². The Kier molecular flexibility index (Phi) is 14.7. The summed E-state index contributed by atoms with van der Waals surface area (Å²) >= 11 is 2.13. The van der Waals surface area contributed by atoms with Crippen LogP contribution in [0, 0.1) is 0 Å². The van der Waals surface area contributed by atoms with Crippen molar-refractivity contribution in [3.63, 3.8) is 0 Å². The molecule has 0 radical (unpaired) electrons. The van der Waals surface area contributed by atoms with Gasteiger partial charge >= 0.3 is 13.6 Å². The van der Waals surface area contributed by atoms with Gasteiger partial charge in [-0.25, -0.2) is 4.57 Å². The van der Waals surface area contributed by atoms with E-state index < -0.39 is 19.6 Å². The van der Waals surface area contributed by atoms with E-state index in [0.717, 1.165) is 5.75 Å². The van der Waals surface area contributed by atoms with Crippen molar-refractivity contribution >= 4 is 43.7 Å². The molecule has 0 spiro atoms. The highest BCUT2D eigenvalue weighted by molar-refractivity contribution is 14.2. The Morgan fingerprint density at radius 2 is 1.96 bits per heavy atom. The third kappa shape index (κ3) is 12.7. The normalized spacial score (nSPS) is 13.8. The van der Waals surface area contributed by atoms with Crippen molar-refractivity contribution in [2.75, 3.05) is 18.5 Å². The first kappa shape index (κ1) is 24.7. The summed E-state index contributed by atoms with van der Waals surface area (Å²) < 4.78 is 22.1. The van der Waals surface area contributed by atoms with Gasteiger partial charge in [-0.15, -0.1) is 0 Å². The zero-order valence-corrected chi connectivity index (χ0v) is 18.5. The lowest BCUT2D eigenvalue weighted by molar-refractivity contribution is -0.144. The van der Waals surface area contributed by atoms with Gasteiger partial charge in [0.2, 0.25) is 0 Å². The number of nitrogens with two attached hydrogens (primary N) is 1. The van der Waals surface area contributed by atoms with Gasteiger partial charge in [0.1, 0.15) is 18.4 Å². The minimum Gasteiger partial charge on any atom is -0.464 e. The first-order valence-electron chi connectivity index (χ1n) is 8.17. The van der Waals surface area contributed by atoms with Crippen molar-refractivity contribution in [3.8, 4) is 5.75 Å². The van der Waals surface area contributed by atoms with E-state index in [1.165, 1.54) is 0 Å². The Balaban J connectivity index is 0.00000277. The lowest BCUT2D eigenvalue weighted by Crippen LogP contribution is -2.32.